The maximum absolute atomic E-state index is 13.0. The zero-order valence-electron chi connectivity index (χ0n) is 7.68. The lowest BCUT2D eigenvalue weighted by Crippen LogP contribution is -2.44. The van der Waals surface area contributed by atoms with Crippen LogP contribution < -0.4 is 16.6 Å². The minimum atomic E-state index is -1.77. The molecule has 0 radical (unpaired) electrons. The van der Waals surface area contributed by atoms with Crippen molar-refractivity contribution in [2.45, 2.75) is 0 Å². The van der Waals surface area contributed by atoms with E-state index in [-0.39, 0.29) is 0 Å². The van der Waals surface area contributed by atoms with Crippen LogP contribution in [0, 0.1) is 17.5 Å². The van der Waals surface area contributed by atoms with E-state index in [9.17, 15) is 22.8 Å². The third-order valence-electron chi connectivity index (χ3n) is 1.58. The molecule has 8 heteroatoms. The van der Waals surface area contributed by atoms with Gasteiger partial charge in [0.1, 0.15) is 0 Å². The number of hydrogen-bond donors (Lipinski definition) is 3. The Labute approximate surface area is 87.4 Å². The number of amides is 3. The summed E-state index contributed by atoms with van der Waals surface area (Å²) in [6.07, 6.45) is 0. The number of hydrogen-bond acceptors (Lipinski definition) is 2. The van der Waals surface area contributed by atoms with E-state index in [1.54, 1.807) is 10.9 Å². The summed E-state index contributed by atoms with van der Waals surface area (Å²) in [7, 11) is 0. The summed E-state index contributed by atoms with van der Waals surface area (Å²) in [5.74, 6) is -6.00. The first-order valence-electron chi connectivity index (χ1n) is 3.92. The first-order valence-corrected chi connectivity index (χ1v) is 3.92. The van der Waals surface area contributed by atoms with Crippen LogP contribution in [0.2, 0.25) is 0 Å². The normalized spacial score (nSPS) is 9.69. The van der Waals surface area contributed by atoms with E-state index in [1.165, 1.54) is 0 Å². The summed E-state index contributed by atoms with van der Waals surface area (Å²) in [6, 6.07) is 0.222. The molecule has 86 valence electrons. The lowest BCUT2D eigenvalue weighted by Gasteiger charge is -2.06. The Bertz CT molecular complexity index is 450. The average Bonchev–Trinajstić information content (AvgIpc) is 2.23. The molecule has 0 aliphatic rings. The monoisotopic (exact) mass is 233 g/mol. The molecule has 0 heterocycles. The molecule has 0 aliphatic heterocycles. The highest BCUT2D eigenvalue weighted by Crippen LogP contribution is 2.14. The van der Waals surface area contributed by atoms with Crippen LogP contribution >= 0.6 is 0 Å². The van der Waals surface area contributed by atoms with Crippen molar-refractivity contribution in [3.05, 3.63) is 35.1 Å². The first kappa shape index (κ1) is 11.8. The molecule has 0 saturated heterocycles. The Morgan fingerprint density at radius 1 is 1.06 bits per heavy atom. The SMILES string of the molecule is NC(=O)NNC(=O)c1ccc(F)c(F)c1F. The maximum Gasteiger partial charge on any atom is 0.330 e. The van der Waals surface area contributed by atoms with Crippen molar-refractivity contribution in [1.82, 2.24) is 10.9 Å². The van der Waals surface area contributed by atoms with E-state index in [0.29, 0.717) is 6.07 Å². The van der Waals surface area contributed by atoms with Gasteiger partial charge in [-0.15, -0.1) is 0 Å². The molecule has 0 saturated carbocycles. The van der Waals surface area contributed by atoms with Crippen LogP contribution in [0.25, 0.3) is 0 Å². The number of nitrogens with one attached hydrogen (secondary N) is 2. The minimum absolute atomic E-state index is 0.581. The molecule has 0 atom stereocenters. The maximum atomic E-state index is 13.0. The van der Waals surface area contributed by atoms with Crippen LogP contribution in [-0.2, 0) is 0 Å². The summed E-state index contributed by atoms with van der Waals surface area (Å²) < 4.78 is 38.2. The molecular weight excluding hydrogens is 227 g/mol. The summed E-state index contributed by atoms with van der Waals surface area (Å²) in [6.45, 7) is 0. The largest absolute Gasteiger partial charge is 0.350 e. The fourth-order valence-electron chi connectivity index (χ4n) is 0.887. The molecule has 0 aliphatic carbocycles. The van der Waals surface area contributed by atoms with Gasteiger partial charge in [0, 0.05) is 0 Å². The second-order valence-corrected chi connectivity index (χ2v) is 2.67. The molecule has 0 fully saturated rings. The van der Waals surface area contributed by atoms with Gasteiger partial charge in [-0.3, -0.25) is 10.2 Å². The average molecular weight is 233 g/mol. The highest BCUT2D eigenvalue weighted by atomic mass is 19.2. The fourth-order valence-corrected chi connectivity index (χ4v) is 0.887. The van der Waals surface area contributed by atoms with Crippen molar-refractivity contribution in [3.63, 3.8) is 0 Å². The number of primary amides is 1. The van der Waals surface area contributed by atoms with Gasteiger partial charge in [-0.05, 0) is 12.1 Å². The topological polar surface area (TPSA) is 84.2 Å². The Morgan fingerprint density at radius 2 is 1.69 bits per heavy atom. The van der Waals surface area contributed by atoms with E-state index in [1.807, 2.05) is 0 Å². The van der Waals surface area contributed by atoms with Crippen molar-refractivity contribution >= 4 is 11.9 Å². The number of halogens is 3. The second-order valence-electron chi connectivity index (χ2n) is 2.67. The van der Waals surface area contributed by atoms with Crippen LogP contribution in [0.3, 0.4) is 0 Å². The highest BCUT2D eigenvalue weighted by Gasteiger charge is 2.18. The van der Waals surface area contributed by atoms with E-state index in [0.717, 1.165) is 6.07 Å². The van der Waals surface area contributed by atoms with Crippen molar-refractivity contribution in [1.29, 1.82) is 0 Å². The Morgan fingerprint density at radius 3 is 2.25 bits per heavy atom. The van der Waals surface area contributed by atoms with Gasteiger partial charge in [-0.2, -0.15) is 0 Å². The molecule has 0 aromatic heterocycles. The van der Waals surface area contributed by atoms with Crippen LogP contribution in [-0.4, -0.2) is 11.9 Å². The third kappa shape index (κ3) is 2.41. The lowest BCUT2D eigenvalue weighted by molar-refractivity contribution is 0.0932. The van der Waals surface area contributed by atoms with Gasteiger partial charge in [0.15, 0.2) is 17.5 Å². The number of benzene rings is 1. The number of carbonyl (C=O) groups is 2. The molecule has 1 aromatic carbocycles. The number of hydrazine groups is 1. The fraction of sp³-hybridized carbons (Fsp3) is 0. The molecular formula is C8H6F3N3O2. The van der Waals surface area contributed by atoms with Gasteiger partial charge >= 0.3 is 6.03 Å². The van der Waals surface area contributed by atoms with Crippen molar-refractivity contribution in [2.24, 2.45) is 5.73 Å². The van der Waals surface area contributed by atoms with Crippen LogP contribution in [0.15, 0.2) is 12.1 Å². The lowest BCUT2D eigenvalue weighted by atomic mass is 10.2. The molecule has 5 nitrogen and oxygen atoms in total. The number of nitrogens with two attached hydrogens (primary N) is 1. The van der Waals surface area contributed by atoms with Gasteiger partial charge in [0.2, 0.25) is 0 Å². The van der Waals surface area contributed by atoms with E-state index >= 15 is 0 Å². The van der Waals surface area contributed by atoms with Gasteiger partial charge in [0.05, 0.1) is 5.56 Å². The second kappa shape index (κ2) is 4.51. The zero-order chi connectivity index (χ0) is 12.3. The van der Waals surface area contributed by atoms with E-state index in [4.69, 9.17) is 0 Å². The molecule has 1 rings (SSSR count). The molecule has 0 unspecified atom stereocenters. The Hall–Kier alpha value is -2.25. The standard InChI is InChI=1S/C8H6F3N3O2/c9-4-2-1-3(5(10)6(4)11)7(15)13-14-8(12)16/h1-2H,(H,13,15)(H3,12,14,16). The zero-order valence-corrected chi connectivity index (χ0v) is 7.68. The smallest absolute Gasteiger partial charge is 0.330 e. The minimum Gasteiger partial charge on any atom is -0.350 e. The van der Waals surface area contributed by atoms with Gasteiger partial charge in [-0.25, -0.2) is 23.4 Å². The van der Waals surface area contributed by atoms with Crippen LogP contribution in [0.1, 0.15) is 10.4 Å². The highest BCUT2D eigenvalue weighted by molar-refractivity contribution is 5.95. The summed E-state index contributed by atoms with van der Waals surface area (Å²) in [5.41, 5.74) is 7.22. The van der Waals surface area contributed by atoms with E-state index < -0.39 is 35.0 Å². The third-order valence-corrected chi connectivity index (χ3v) is 1.58. The van der Waals surface area contributed by atoms with Crippen molar-refractivity contribution in [2.75, 3.05) is 0 Å². The first-order chi connectivity index (χ1) is 7.43. The predicted octanol–water partition coefficient (Wildman–Crippen LogP) is 0.417. The van der Waals surface area contributed by atoms with E-state index in [2.05, 4.69) is 5.73 Å². The molecule has 4 N–H and O–H groups in total. The summed E-state index contributed by atoms with van der Waals surface area (Å²) >= 11 is 0. The molecule has 0 bridgehead atoms. The van der Waals surface area contributed by atoms with Gasteiger partial charge in [0.25, 0.3) is 5.91 Å². The van der Waals surface area contributed by atoms with Gasteiger partial charge in [-0.1, -0.05) is 0 Å². The van der Waals surface area contributed by atoms with Crippen LogP contribution in [0.4, 0.5) is 18.0 Å². The Balaban J connectivity index is 2.92. The van der Waals surface area contributed by atoms with Crippen molar-refractivity contribution in [3.8, 4) is 0 Å². The number of rotatable bonds is 1. The predicted molar refractivity (Wildman–Crippen MR) is 46.5 cm³/mol. The number of carbonyl (C=O) groups excluding carboxylic acids is 2. The van der Waals surface area contributed by atoms with Gasteiger partial charge < -0.3 is 5.73 Å². The number of urea groups is 1. The molecule has 3 amide bonds. The van der Waals surface area contributed by atoms with Crippen molar-refractivity contribution < 1.29 is 22.8 Å². The summed E-state index contributed by atoms with van der Waals surface area (Å²) in [5, 5.41) is 0. The quantitative estimate of drug-likeness (QED) is 0.485. The molecule has 16 heavy (non-hydrogen) atoms. The molecule has 0 spiro atoms. The summed E-state index contributed by atoms with van der Waals surface area (Å²) in [4.78, 5) is 21.3. The molecule has 1 aromatic rings. The Kier molecular flexibility index (Phi) is 3.33. The van der Waals surface area contributed by atoms with Crippen LogP contribution in [0.5, 0.6) is 0 Å².